The number of benzene rings is 3. The van der Waals surface area contributed by atoms with Crippen molar-refractivity contribution in [3.8, 4) is 0 Å². The van der Waals surface area contributed by atoms with Gasteiger partial charge in [-0.1, -0.05) is 53.5 Å². The van der Waals surface area contributed by atoms with Crippen LogP contribution in [0.4, 0.5) is 0 Å². The fourth-order valence-electron chi connectivity index (χ4n) is 3.01. The summed E-state index contributed by atoms with van der Waals surface area (Å²) < 4.78 is 12.0. The second-order valence-electron chi connectivity index (χ2n) is 7.95. The predicted octanol–water partition coefficient (Wildman–Crippen LogP) is 5.20. The second-order valence-corrected chi connectivity index (χ2v) is 8.36. The summed E-state index contributed by atoms with van der Waals surface area (Å²) in [6.45, 7) is 7.16. The maximum atomic E-state index is 10.3. The Hall–Kier alpha value is -2.01. The van der Waals surface area contributed by atoms with Crippen LogP contribution in [-0.4, -0.2) is 23.8 Å². The van der Waals surface area contributed by atoms with Gasteiger partial charge >= 0.3 is 7.48 Å². The molecule has 0 saturated carbocycles. The Bertz CT molecular complexity index is 1160. The first kappa shape index (κ1) is 18.4. The van der Waals surface area contributed by atoms with E-state index < -0.39 is 11.2 Å². The number of furan rings is 1. The van der Waals surface area contributed by atoms with Crippen molar-refractivity contribution < 1.29 is 14.2 Å². The third kappa shape index (κ3) is 3.12. The van der Waals surface area contributed by atoms with Crippen molar-refractivity contribution in [2.24, 2.45) is 0 Å². The molecule has 0 bridgehead atoms. The summed E-state index contributed by atoms with van der Waals surface area (Å²) in [5.74, 6) is 0. The summed E-state index contributed by atoms with van der Waals surface area (Å²) in [4.78, 5) is 0. The number of rotatable bonds is 4. The van der Waals surface area contributed by atoms with Gasteiger partial charge in [0.2, 0.25) is 0 Å². The average Bonchev–Trinajstić information content (AvgIpc) is 2.99. The molecule has 0 atom stereocenters. The number of fused-ring (bicyclic) bond motifs is 5. The fraction of sp³-hybridized carbons (Fsp3) is 0.273. The van der Waals surface area contributed by atoms with E-state index in [4.69, 9.17) is 20.7 Å². The first-order chi connectivity index (χ1) is 12.7. The molecule has 3 nitrogen and oxygen atoms in total. The molecule has 27 heavy (non-hydrogen) atoms. The topological polar surface area (TPSA) is 42.6 Å². The lowest BCUT2D eigenvalue weighted by Crippen LogP contribution is -2.49. The Morgan fingerprint density at radius 1 is 0.926 bits per heavy atom. The molecule has 0 amide bonds. The van der Waals surface area contributed by atoms with Crippen LogP contribution in [0.2, 0.25) is 5.02 Å². The molecule has 0 unspecified atom stereocenters. The van der Waals surface area contributed by atoms with Gasteiger partial charge in [-0.15, -0.1) is 0 Å². The van der Waals surface area contributed by atoms with E-state index in [2.05, 4.69) is 24.3 Å². The third-order valence-electron chi connectivity index (χ3n) is 5.40. The average molecular weight is 380 g/mol. The lowest BCUT2D eigenvalue weighted by Gasteiger charge is -2.37. The zero-order valence-corrected chi connectivity index (χ0v) is 16.6. The lowest BCUT2D eigenvalue weighted by molar-refractivity contribution is -0.0893. The zero-order valence-electron chi connectivity index (χ0n) is 15.8. The quantitative estimate of drug-likeness (QED) is 0.495. The van der Waals surface area contributed by atoms with E-state index in [1.807, 2.05) is 38.1 Å². The molecule has 0 aliphatic carbocycles. The highest BCUT2D eigenvalue weighted by Crippen LogP contribution is 2.36. The highest BCUT2D eigenvalue weighted by Gasteiger charge is 2.35. The summed E-state index contributed by atoms with van der Waals surface area (Å²) in [6, 6.07) is 16.1. The Kier molecular flexibility index (Phi) is 4.26. The highest BCUT2D eigenvalue weighted by molar-refractivity contribution is 6.49. The molecule has 0 spiro atoms. The molecular formula is C22H21BClO3. The second kappa shape index (κ2) is 6.27. The van der Waals surface area contributed by atoms with Crippen LogP contribution >= 0.6 is 11.6 Å². The van der Waals surface area contributed by atoms with Gasteiger partial charge in [-0.25, -0.2) is 0 Å². The number of hydrogen-bond acceptors (Lipinski definition) is 3. The zero-order chi connectivity index (χ0) is 19.4. The Labute approximate surface area is 164 Å². The minimum absolute atomic E-state index is 0.531. The Morgan fingerprint density at radius 2 is 1.67 bits per heavy atom. The van der Waals surface area contributed by atoms with E-state index in [-0.39, 0.29) is 0 Å². The van der Waals surface area contributed by atoms with Gasteiger partial charge in [0.15, 0.2) is 5.58 Å². The van der Waals surface area contributed by atoms with Crippen LogP contribution in [0.5, 0.6) is 0 Å². The maximum absolute atomic E-state index is 10.3. The summed E-state index contributed by atoms with van der Waals surface area (Å²) in [5.41, 5.74) is 0.587. The van der Waals surface area contributed by atoms with Gasteiger partial charge in [-0.3, -0.25) is 0 Å². The predicted molar refractivity (Wildman–Crippen MR) is 113 cm³/mol. The standard InChI is InChI=1S/C22H21BClO3/c1-21(2,25)22(3,4)27-23-14-11-17-16-10-9-13-7-5-6-8-15(13)19(16)26-20(17)18(24)12-14/h5-12,25H,1-4H3. The summed E-state index contributed by atoms with van der Waals surface area (Å²) in [6.07, 6.45) is 0. The molecule has 1 radical (unpaired) electrons. The molecule has 3 aromatic carbocycles. The van der Waals surface area contributed by atoms with Crippen molar-refractivity contribution >= 4 is 57.3 Å². The summed E-state index contributed by atoms with van der Waals surface area (Å²) >= 11 is 6.51. The number of halogens is 1. The highest BCUT2D eigenvalue weighted by atomic mass is 35.5. The summed E-state index contributed by atoms with van der Waals surface area (Å²) in [7, 11) is 1.64. The van der Waals surface area contributed by atoms with E-state index in [1.165, 1.54) is 0 Å². The van der Waals surface area contributed by atoms with Gasteiger partial charge in [0.1, 0.15) is 5.58 Å². The third-order valence-corrected chi connectivity index (χ3v) is 5.68. The SMILES string of the molecule is CC(C)(O)C(C)(C)O[B]c1cc(Cl)c2oc3c4ccccc4ccc3c2c1. The fourth-order valence-corrected chi connectivity index (χ4v) is 3.28. The Balaban J connectivity index is 1.81. The molecule has 5 heteroatoms. The van der Waals surface area contributed by atoms with E-state index >= 15 is 0 Å². The van der Waals surface area contributed by atoms with E-state index in [1.54, 1.807) is 21.3 Å². The molecule has 1 heterocycles. The smallest absolute Gasteiger partial charge is 0.330 e. The van der Waals surface area contributed by atoms with E-state index in [9.17, 15) is 5.11 Å². The Morgan fingerprint density at radius 3 is 2.41 bits per heavy atom. The van der Waals surface area contributed by atoms with Crippen LogP contribution in [0.25, 0.3) is 32.7 Å². The van der Waals surface area contributed by atoms with Gasteiger partial charge < -0.3 is 14.2 Å². The maximum Gasteiger partial charge on any atom is 0.330 e. The molecular weight excluding hydrogens is 359 g/mol. The molecule has 4 aromatic rings. The van der Waals surface area contributed by atoms with Crippen LogP contribution in [0.15, 0.2) is 52.9 Å². The van der Waals surface area contributed by atoms with Crippen molar-refractivity contribution in [3.63, 3.8) is 0 Å². The largest absolute Gasteiger partial charge is 0.454 e. The molecule has 4 rings (SSSR count). The van der Waals surface area contributed by atoms with Crippen LogP contribution in [-0.2, 0) is 4.65 Å². The minimum Gasteiger partial charge on any atom is -0.454 e. The molecule has 1 aromatic heterocycles. The number of hydrogen-bond donors (Lipinski definition) is 1. The van der Waals surface area contributed by atoms with Crippen LogP contribution < -0.4 is 5.46 Å². The van der Waals surface area contributed by atoms with Crippen LogP contribution in [0.1, 0.15) is 27.7 Å². The van der Waals surface area contributed by atoms with Gasteiger partial charge in [0.25, 0.3) is 0 Å². The van der Waals surface area contributed by atoms with E-state index in [0.29, 0.717) is 10.6 Å². The van der Waals surface area contributed by atoms with Gasteiger partial charge in [-0.05, 0) is 45.2 Å². The number of aliphatic hydroxyl groups is 1. The van der Waals surface area contributed by atoms with Crippen molar-refractivity contribution in [1.29, 1.82) is 0 Å². The summed E-state index contributed by atoms with van der Waals surface area (Å²) in [5, 5.41) is 15.0. The molecule has 0 aliphatic rings. The lowest BCUT2D eigenvalue weighted by atomic mass is 9.82. The first-order valence-corrected chi connectivity index (χ1v) is 9.32. The van der Waals surface area contributed by atoms with Gasteiger partial charge in [-0.2, -0.15) is 0 Å². The van der Waals surface area contributed by atoms with Crippen LogP contribution in [0.3, 0.4) is 0 Å². The van der Waals surface area contributed by atoms with Crippen LogP contribution in [0, 0.1) is 0 Å². The van der Waals surface area contributed by atoms with Crippen molar-refractivity contribution in [1.82, 2.24) is 0 Å². The normalized spacial score (nSPS) is 13.0. The minimum atomic E-state index is -0.987. The molecule has 137 valence electrons. The van der Waals surface area contributed by atoms with Crippen molar-refractivity contribution in [2.75, 3.05) is 0 Å². The molecule has 0 saturated heterocycles. The van der Waals surface area contributed by atoms with Crippen molar-refractivity contribution in [3.05, 3.63) is 53.6 Å². The van der Waals surface area contributed by atoms with Crippen molar-refractivity contribution in [2.45, 2.75) is 38.9 Å². The van der Waals surface area contributed by atoms with Gasteiger partial charge in [0, 0.05) is 16.2 Å². The molecule has 0 fully saturated rings. The van der Waals surface area contributed by atoms with Gasteiger partial charge in [0.05, 0.1) is 16.2 Å². The molecule has 1 N–H and O–H groups in total. The first-order valence-electron chi connectivity index (χ1n) is 8.94. The monoisotopic (exact) mass is 379 g/mol. The molecule has 0 aliphatic heterocycles. The van der Waals surface area contributed by atoms with E-state index in [0.717, 1.165) is 32.6 Å².